The van der Waals surface area contributed by atoms with Crippen molar-refractivity contribution in [1.82, 2.24) is 5.32 Å². The molecule has 114 valence electrons. The van der Waals surface area contributed by atoms with Crippen molar-refractivity contribution < 1.29 is 9.47 Å². The lowest BCUT2D eigenvalue weighted by molar-refractivity contribution is 0.390. The van der Waals surface area contributed by atoms with Crippen LogP contribution in [0.2, 0.25) is 4.34 Å². The number of methoxy groups -OCH3 is 2. The summed E-state index contributed by atoms with van der Waals surface area (Å²) in [5.41, 5.74) is 1.10. The minimum atomic E-state index is 0.162. The van der Waals surface area contributed by atoms with Gasteiger partial charge in [0.15, 0.2) is 0 Å². The minimum Gasteiger partial charge on any atom is -0.497 e. The number of hydrogen-bond acceptors (Lipinski definition) is 4. The predicted octanol–water partition coefficient (Wildman–Crippen LogP) is 4.31. The molecule has 1 unspecified atom stereocenters. The quantitative estimate of drug-likeness (QED) is 0.822. The van der Waals surface area contributed by atoms with Gasteiger partial charge in [-0.25, -0.2) is 0 Å². The van der Waals surface area contributed by atoms with Crippen LogP contribution in [0.5, 0.6) is 11.5 Å². The average Bonchev–Trinajstić information content (AvgIpc) is 2.91. The zero-order valence-corrected chi connectivity index (χ0v) is 14.1. The fraction of sp³-hybridized carbons (Fsp3) is 0.375. The Bertz CT molecular complexity index is 585. The van der Waals surface area contributed by atoms with E-state index in [1.54, 1.807) is 25.6 Å². The highest BCUT2D eigenvalue weighted by molar-refractivity contribution is 7.16. The molecule has 5 heteroatoms. The van der Waals surface area contributed by atoms with Crippen LogP contribution in [0.4, 0.5) is 0 Å². The van der Waals surface area contributed by atoms with Gasteiger partial charge in [-0.2, -0.15) is 0 Å². The molecule has 2 aromatic rings. The Morgan fingerprint density at radius 3 is 2.57 bits per heavy atom. The second kappa shape index (κ2) is 7.69. The van der Waals surface area contributed by atoms with E-state index in [0.29, 0.717) is 0 Å². The zero-order valence-electron chi connectivity index (χ0n) is 12.5. The van der Waals surface area contributed by atoms with Gasteiger partial charge in [-0.15, -0.1) is 11.3 Å². The maximum Gasteiger partial charge on any atom is 0.123 e. The number of nitrogens with one attached hydrogen (secondary N) is 1. The lowest BCUT2D eigenvalue weighted by Gasteiger charge is -2.21. The van der Waals surface area contributed by atoms with Gasteiger partial charge >= 0.3 is 0 Å². The van der Waals surface area contributed by atoms with Crippen LogP contribution in [-0.2, 0) is 6.42 Å². The van der Waals surface area contributed by atoms with Crippen LogP contribution >= 0.6 is 22.9 Å². The van der Waals surface area contributed by atoms with Gasteiger partial charge in [0.25, 0.3) is 0 Å². The number of likely N-dealkylation sites (N-methyl/N-ethyl adjacent to an activating group) is 1. The molecule has 0 saturated heterocycles. The van der Waals surface area contributed by atoms with Gasteiger partial charge in [0, 0.05) is 22.9 Å². The van der Waals surface area contributed by atoms with Gasteiger partial charge in [-0.1, -0.05) is 18.5 Å². The van der Waals surface area contributed by atoms with Crippen LogP contribution in [0.1, 0.15) is 23.4 Å². The largest absolute Gasteiger partial charge is 0.497 e. The Hall–Kier alpha value is -1.23. The van der Waals surface area contributed by atoms with Gasteiger partial charge in [0.2, 0.25) is 0 Å². The summed E-state index contributed by atoms with van der Waals surface area (Å²) in [6, 6.07) is 10.1. The molecule has 0 aliphatic rings. The van der Waals surface area contributed by atoms with E-state index < -0.39 is 0 Å². The van der Waals surface area contributed by atoms with Crippen LogP contribution in [0.15, 0.2) is 30.3 Å². The Morgan fingerprint density at radius 2 is 2.00 bits per heavy atom. The van der Waals surface area contributed by atoms with Gasteiger partial charge < -0.3 is 14.8 Å². The Balaban J connectivity index is 2.31. The predicted molar refractivity (Wildman–Crippen MR) is 89.0 cm³/mol. The molecule has 1 heterocycles. The Kier molecular flexibility index (Phi) is 5.91. The Labute approximate surface area is 134 Å². The molecule has 3 nitrogen and oxygen atoms in total. The van der Waals surface area contributed by atoms with Gasteiger partial charge in [-0.3, -0.25) is 0 Å². The van der Waals surface area contributed by atoms with Crippen molar-refractivity contribution in [2.75, 3.05) is 20.8 Å². The fourth-order valence-corrected chi connectivity index (χ4v) is 3.45. The molecule has 1 aromatic heterocycles. The maximum atomic E-state index is 6.03. The molecule has 0 amide bonds. The summed E-state index contributed by atoms with van der Waals surface area (Å²) in [5.74, 6) is 1.70. The van der Waals surface area contributed by atoms with Gasteiger partial charge in [-0.05, 0) is 36.9 Å². The lowest BCUT2D eigenvalue weighted by Crippen LogP contribution is -2.23. The number of halogens is 1. The highest BCUT2D eigenvalue weighted by Crippen LogP contribution is 2.33. The smallest absolute Gasteiger partial charge is 0.123 e. The third kappa shape index (κ3) is 4.13. The third-order valence-corrected chi connectivity index (χ3v) is 4.55. The molecule has 0 aliphatic heterocycles. The minimum absolute atomic E-state index is 0.162. The van der Waals surface area contributed by atoms with E-state index in [4.69, 9.17) is 21.1 Å². The summed E-state index contributed by atoms with van der Waals surface area (Å²) in [6.07, 6.45) is 0.870. The molecule has 0 spiro atoms. The molecule has 0 aliphatic carbocycles. The SMILES string of the molecule is CCNC(Cc1ccc(Cl)s1)c1cc(OC)ccc1OC. The normalized spacial score (nSPS) is 12.2. The number of hydrogen-bond donors (Lipinski definition) is 1. The number of thiophene rings is 1. The highest BCUT2D eigenvalue weighted by Gasteiger charge is 2.18. The molecule has 0 fully saturated rings. The molecule has 21 heavy (non-hydrogen) atoms. The molecule has 0 radical (unpaired) electrons. The first kappa shape index (κ1) is 16.1. The Morgan fingerprint density at radius 1 is 1.19 bits per heavy atom. The van der Waals surface area contributed by atoms with Crippen LogP contribution in [0.25, 0.3) is 0 Å². The second-order valence-electron chi connectivity index (χ2n) is 4.63. The zero-order chi connectivity index (χ0) is 15.2. The molecule has 0 bridgehead atoms. The van der Waals surface area contributed by atoms with Gasteiger partial charge in [0.05, 0.1) is 18.6 Å². The molecule has 1 atom stereocenters. The van der Waals surface area contributed by atoms with Crippen molar-refractivity contribution >= 4 is 22.9 Å². The molecule has 0 saturated carbocycles. The summed E-state index contributed by atoms with van der Waals surface area (Å²) < 4.78 is 11.6. The number of rotatable bonds is 7. The average molecular weight is 326 g/mol. The number of benzene rings is 1. The van der Waals surface area contributed by atoms with E-state index in [1.807, 2.05) is 24.3 Å². The van der Waals surface area contributed by atoms with E-state index in [1.165, 1.54) is 4.88 Å². The van der Waals surface area contributed by atoms with E-state index in [2.05, 4.69) is 18.3 Å². The fourth-order valence-electron chi connectivity index (χ4n) is 2.31. The summed E-state index contributed by atoms with van der Waals surface area (Å²) in [5, 5.41) is 3.51. The molecule has 2 rings (SSSR count). The van der Waals surface area contributed by atoms with E-state index in [9.17, 15) is 0 Å². The first-order valence-electron chi connectivity index (χ1n) is 6.87. The van der Waals surface area contributed by atoms with Crippen molar-refractivity contribution in [1.29, 1.82) is 0 Å². The van der Waals surface area contributed by atoms with Crippen LogP contribution in [0.3, 0.4) is 0 Å². The first-order valence-corrected chi connectivity index (χ1v) is 8.06. The maximum absolute atomic E-state index is 6.03. The van der Waals surface area contributed by atoms with Crippen molar-refractivity contribution in [2.24, 2.45) is 0 Å². The monoisotopic (exact) mass is 325 g/mol. The van der Waals surface area contributed by atoms with Crippen LogP contribution < -0.4 is 14.8 Å². The van der Waals surface area contributed by atoms with Crippen molar-refractivity contribution in [2.45, 2.75) is 19.4 Å². The molecular formula is C16H20ClNO2S. The van der Waals surface area contributed by atoms with Crippen molar-refractivity contribution in [3.05, 3.63) is 45.1 Å². The lowest BCUT2D eigenvalue weighted by atomic mass is 10.0. The third-order valence-electron chi connectivity index (χ3n) is 3.30. The van der Waals surface area contributed by atoms with E-state index in [0.717, 1.165) is 34.4 Å². The highest BCUT2D eigenvalue weighted by atomic mass is 35.5. The molecular weight excluding hydrogens is 306 g/mol. The summed E-state index contributed by atoms with van der Waals surface area (Å²) in [7, 11) is 3.36. The summed E-state index contributed by atoms with van der Waals surface area (Å²) in [4.78, 5) is 1.25. The first-order chi connectivity index (χ1) is 10.2. The summed E-state index contributed by atoms with van der Waals surface area (Å²) >= 11 is 7.64. The van der Waals surface area contributed by atoms with Crippen LogP contribution in [-0.4, -0.2) is 20.8 Å². The van der Waals surface area contributed by atoms with Crippen molar-refractivity contribution in [3.8, 4) is 11.5 Å². The van der Waals surface area contributed by atoms with Crippen LogP contribution in [0, 0.1) is 0 Å². The second-order valence-corrected chi connectivity index (χ2v) is 6.43. The summed E-state index contributed by atoms with van der Waals surface area (Å²) in [6.45, 7) is 2.98. The molecule has 1 N–H and O–H groups in total. The van der Waals surface area contributed by atoms with E-state index >= 15 is 0 Å². The van der Waals surface area contributed by atoms with E-state index in [-0.39, 0.29) is 6.04 Å². The van der Waals surface area contributed by atoms with Crippen molar-refractivity contribution in [3.63, 3.8) is 0 Å². The van der Waals surface area contributed by atoms with Gasteiger partial charge in [0.1, 0.15) is 11.5 Å². The standard InChI is InChI=1S/C16H20ClNO2S/c1-4-18-14(10-12-6-8-16(17)21-12)13-9-11(19-2)5-7-15(13)20-3/h5-9,14,18H,4,10H2,1-3H3. The topological polar surface area (TPSA) is 30.5 Å². The number of ether oxygens (including phenoxy) is 2. The molecule has 1 aromatic carbocycles.